The van der Waals surface area contributed by atoms with Gasteiger partial charge in [0.1, 0.15) is 17.6 Å². The Balaban J connectivity index is 1.75. The molecule has 1 aliphatic rings. The lowest BCUT2D eigenvalue weighted by Crippen LogP contribution is -2.50. The Morgan fingerprint density at radius 3 is 2.41 bits per heavy atom. The van der Waals surface area contributed by atoms with Crippen molar-refractivity contribution >= 4 is 27.5 Å². The van der Waals surface area contributed by atoms with Gasteiger partial charge in [0.2, 0.25) is 21.8 Å². The molecule has 1 atom stereocenters. The summed E-state index contributed by atoms with van der Waals surface area (Å²) in [5, 5.41) is 3.06. The van der Waals surface area contributed by atoms with E-state index < -0.39 is 21.9 Å². The van der Waals surface area contributed by atoms with Gasteiger partial charge in [-0.05, 0) is 51.3 Å². The van der Waals surface area contributed by atoms with Crippen LogP contribution >= 0.6 is 0 Å². The van der Waals surface area contributed by atoms with Crippen molar-refractivity contribution in [2.45, 2.75) is 77.4 Å². The zero-order valence-corrected chi connectivity index (χ0v) is 23.9. The molecule has 214 valence electrons. The number of hydrogen-bond donors (Lipinski definition) is 1. The van der Waals surface area contributed by atoms with Crippen LogP contribution in [0.15, 0.2) is 48.5 Å². The lowest BCUT2D eigenvalue weighted by Gasteiger charge is -2.31. The van der Waals surface area contributed by atoms with Crippen LogP contribution in [0.25, 0.3) is 0 Å². The summed E-state index contributed by atoms with van der Waals surface area (Å²) in [5.74, 6) is -0.636. The highest BCUT2D eigenvalue weighted by Crippen LogP contribution is 2.30. The molecular formula is C29H40FN3O5S. The van der Waals surface area contributed by atoms with Gasteiger partial charge in [0.05, 0.1) is 18.6 Å². The summed E-state index contributed by atoms with van der Waals surface area (Å²) >= 11 is 0. The average molecular weight is 562 g/mol. The molecule has 2 aromatic rings. The summed E-state index contributed by atoms with van der Waals surface area (Å²) in [5.41, 5.74) is 0.712. The Kier molecular flexibility index (Phi) is 11.2. The third-order valence-electron chi connectivity index (χ3n) is 7.00. The summed E-state index contributed by atoms with van der Waals surface area (Å²) in [6, 6.07) is 12.3. The highest BCUT2D eigenvalue weighted by Gasteiger charge is 2.29. The number of hydrogen-bond acceptors (Lipinski definition) is 5. The maximum atomic E-state index is 14.5. The molecule has 0 saturated heterocycles. The highest BCUT2D eigenvalue weighted by molar-refractivity contribution is 7.92. The van der Waals surface area contributed by atoms with Crippen LogP contribution in [0.4, 0.5) is 10.1 Å². The Bertz CT molecular complexity index is 1220. The zero-order chi connectivity index (χ0) is 28.4. The van der Waals surface area contributed by atoms with E-state index in [2.05, 4.69) is 5.32 Å². The number of carbonyl (C=O) groups excluding carboxylic acids is 2. The first-order valence-electron chi connectivity index (χ1n) is 13.6. The summed E-state index contributed by atoms with van der Waals surface area (Å²) in [4.78, 5) is 28.0. The van der Waals surface area contributed by atoms with Crippen molar-refractivity contribution in [3.8, 4) is 5.75 Å². The topological polar surface area (TPSA) is 96.0 Å². The third-order valence-corrected chi connectivity index (χ3v) is 8.18. The maximum Gasteiger partial charge on any atom is 0.242 e. The van der Waals surface area contributed by atoms with E-state index in [1.165, 1.54) is 15.3 Å². The van der Waals surface area contributed by atoms with Crippen LogP contribution in [0.5, 0.6) is 5.75 Å². The fraction of sp³-hybridized carbons (Fsp3) is 0.517. The molecular weight excluding hydrogens is 521 g/mol. The van der Waals surface area contributed by atoms with Crippen molar-refractivity contribution in [2.24, 2.45) is 0 Å². The van der Waals surface area contributed by atoms with Crippen LogP contribution in [0, 0.1) is 5.82 Å². The minimum Gasteiger partial charge on any atom is -0.492 e. The van der Waals surface area contributed by atoms with E-state index >= 15 is 0 Å². The number of sulfonamides is 1. The molecule has 39 heavy (non-hydrogen) atoms. The lowest BCUT2D eigenvalue weighted by atomic mass is 9.95. The van der Waals surface area contributed by atoms with Gasteiger partial charge in [-0.2, -0.15) is 0 Å². The number of nitrogens with zero attached hydrogens (tertiary/aromatic N) is 2. The van der Waals surface area contributed by atoms with E-state index in [9.17, 15) is 22.4 Å². The Hall–Kier alpha value is -3.14. The first-order chi connectivity index (χ1) is 18.6. The number of para-hydroxylation sites is 2. The molecule has 0 aliphatic heterocycles. The lowest BCUT2D eigenvalue weighted by molar-refractivity contribution is -0.141. The van der Waals surface area contributed by atoms with E-state index in [4.69, 9.17) is 4.74 Å². The molecule has 10 heteroatoms. The number of benzene rings is 2. The molecule has 0 radical (unpaired) electrons. The van der Waals surface area contributed by atoms with Crippen LogP contribution in [-0.4, -0.2) is 56.6 Å². The van der Waals surface area contributed by atoms with Crippen molar-refractivity contribution in [1.29, 1.82) is 0 Å². The van der Waals surface area contributed by atoms with Crippen molar-refractivity contribution in [2.75, 3.05) is 23.7 Å². The van der Waals surface area contributed by atoms with Crippen molar-refractivity contribution in [3.63, 3.8) is 0 Å². The third kappa shape index (κ3) is 8.68. The molecule has 0 spiro atoms. The molecule has 8 nitrogen and oxygen atoms in total. The number of carbonyl (C=O) groups is 2. The Morgan fingerprint density at radius 1 is 1.08 bits per heavy atom. The number of rotatable bonds is 13. The molecule has 0 bridgehead atoms. The first kappa shape index (κ1) is 30.4. The molecule has 1 saturated carbocycles. The summed E-state index contributed by atoms with van der Waals surface area (Å²) < 4.78 is 46.6. The molecule has 3 rings (SSSR count). The Morgan fingerprint density at radius 2 is 1.74 bits per heavy atom. The van der Waals surface area contributed by atoms with E-state index in [1.54, 1.807) is 49.4 Å². The summed E-state index contributed by atoms with van der Waals surface area (Å²) in [6.45, 7) is 3.82. The largest absolute Gasteiger partial charge is 0.492 e. The minimum absolute atomic E-state index is 0.0156. The standard InChI is InChI=1S/C29H40FN3O5S/c1-4-38-27-18-11-10-17-26(27)33(39(3,36)37)20-12-19-28(34)32(21-23-13-8-9-16-25(23)30)22(2)29(35)31-24-14-6-5-7-15-24/h8-11,13,16-18,22,24H,4-7,12,14-15,19-21H2,1-3H3,(H,31,35)/t22-/m0/s1. The van der Waals surface area contributed by atoms with Crippen LogP contribution in [0.2, 0.25) is 0 Å². The predicted molar refractivity (Wildman–Crippen MR) is 150 cm³/mol. The minimum atomic E-state index is -3.66. The van der Waals surface area contributed by atoms with Gasteiger partial charge in [-0.1, -0.05) is 49.6 Å². The van der Waals surface area contributed by atoms with Gasteiger partial charge in [-0.3, -0.25) is 13.9 Å². The molecule has 2 aromatic carbocycles. The van der Waals surface area contributed by atoms with Crippen molar-refractivity contribution in [1.82, 2.24) is 10.2 Å². The van der Waals surface area contributed by atoms with E-state index in [-0.39, 0.29) is 43.8 Å². The number of anilines is 1. The van der Waals surface area contributed by atoms with Crippen LogP contribution in [0.1, 0.15) is 64.4 Å². The fourth-order valence-corrected chi connectivity index (χ4v) is 5.85. The van der Waals surface area contributed by atoms with E-state index in [1.807, 2.05) is 6.92 Å². The van der Waals surface area contributed by atoms with Gasteiger partial charge in [0.15, 0.2) is 0 Å². The SMILES string of the molecule is CCOc1ccccc1N(CCCC(=O)N(Cc1ccccc1F)[C@@H](C)C(=O)NC1CCCCC1)S(C)(=O)=O. The second kappa shape index (κ2) is 14.3. The second-order valence-electron chi connectivity index (χ2n) is 9.97. The molecule has 1 aliphatic carbocycles. The predicted octanol–water partition coefficient (Wildman–Crippen LogP) is 4.64. The fourth-order valence-electron chi connectivity index (χ4n) is 4.88. The van der Waals surface area contributed by atoms with Crippen LogP contribution in [-0.2, 0) is 26.2 Å². The smallest absolute Gasteiger partial charge is 0.242 e. The zero-order valence-electron chi connectivity index (χ0n) is 23.1. The van der Waals surface area contributed by atoms with E-state index in [0.717, 1.165) is 38.4 Å². The Labute approximate surface area is 231 Å². The van der Waals surface area contributed by atoms with Crippen LogP contribution in [0.3, 0.4) is 0 Å². The van der Waals surface area contributed by atoms with Gasteiger partial charge in [-0.15, -0.1) is 0 Å². The second-order valence-corrected chi connectivity index (χ2v) is 11.9. The number of nitrogens with one attached hydrogen (secondary N) is 1. The number of ether oxygens (including phenoxy) is 1. The van der Waals surface area contributed by atoms with Gasteiger partial charge < -0.3 is 15.0 Å². The van der Waals surface area contributed by atoms with E-state index in [0.29, 0.717) is 23.6 Å². The maximum absolute atomic E-state index is 14.5. The molecule has 0 unspecified atom stereocenters. The number of halogens is 1. The quantitative estimate of drug-likeness (QED) is 0.385. The first-order valence-corrected chi connectivity index (χ1v) is 15.5. The van der Waals surface area contributed by atoms with Gasteiger partial charge in [0.25, 0.3) is 0 Å². The van der Waals surface area contributed by atoms with Crippen LogP contribution < -0.4 is 14.4 Å². The molecule has 1 fully saturated rings. The summed E-state index contributed by atoms with van der Waals surface area (Å²) in [7, 11) is -3.66. The normalized spacial score (nSPS) is 14.9. The average Bonchev–Trinajstić information content (AvgIpc) is 2.91. The molecule has 0 aromatic heterocycles. The van der Waals surface area contributed by atoms with Gasteiger partial charge in [-0.25, -0.2) is 12.8 Å². The molecule has 0 heterocycles. The monoisotopic (exact) mass is 561 g/mol. The summed E-state index contributed by atoms with van der Waals surface area (Å²) in [6.07, 6.45) is 6.38. The van der Waals surface area contributed by atoms with Crippen molar-refractivity contribution < 1.29 is 27.1 Å². The highest BCUT2D eigenvalue weighted by atomic mass is 32.2. The molecule has 1 N–H and O–H groups in total. The van der Waals surface area contributed by atoms with Gasteiger partial charge >= 0.3 is 0 Å². The molecule has 2 amide bonds. The van der Waals surface area contributed by atoms with Gasteiger partial charge in [0, 0.05) is 31.1 Å². The van der Waals surface area contributed by atoms with Crippen molar-refractivity contribution in [3.05, 3.63) is 59.9 Å². The number of amides is 2.